The van der Waals surface area contributed by atoms with Gasteiger partial charge in [-0.1, -0.05) is 0 Å². The summed E-state index contributed by atoms with van der Waals surface area (Å²) in [6.07, 6.45) is 4.44. The number of imidazole rings is 1. The Hall–Kier alpha value is -1.76. The molecule has 0 amide bonds. The highest BCUT2D eigenvalue weighted by molar-refractivity contribution is 7.13. The van der Waals surface area contributed by atoms with E-state index >= 15 is 0 Å². The lowest BCUT2D eigenvalue weighted by Gasteiger charge is -1.89. The fourth-order valence-corrected chi connectivity index (χ4v) is 1.68. The Morgan fingerprint density at radius 3 is 2.86 bits per heavy atom. The predicted octanol–water partition coefficient (Wildman–Crippen LogP) is 1.55. The third kappa shape index (κ3) is 1.49. The van der Waals surface area contributed by atoms with Crippen molar-refractivity contribution in [3.05, 3.63) is 33.7 Å². The summed E-state index contributed by atoms with van der Waals surface area (Å²) in [4.78, 5) is 18.6. The normalized spacial score (nSPS) is 10.4. The van der Waals surface area contributed by atoms with E-state index in [0.717, 1.165) is 4.88 Å². The van der Waals surface area contributed by atoms with Crippen LogP contribution in [0.15, 0.2) is 18.7 Å². The zero-order valence-corrected chi connectivity index (χ0v) is 8.06. The van der Waals surface area contributed by atoms with Crippen molar-refractivity contribution in [1.82, 2.24) is 14.5 Å². The SMILES string of the molecule is Cc1cnc(-n2cnc([N+](=O)[O-])c2)s1. The van der Waals surface area contributed by atoms with Gasteiger partial charge < -0.3 is 10.1 Å². The van der Waals surface area contributed by atoms with E-state index < -0.39 is 4.92 Å². The standard InChI is InChI=1S/C7H6N4O2S/c1-5-2-8-7(14-5)10-3-6(9-4-10)11(12)13/h2-4H,1H3. The van der Waals surface area contributed by atoms with Gasteiger partial charge >= 0.3 is 5.82 Å². The van der Waals surface area contributed by atoms with Crippen LogP contribution in [0.5, 0.6) is 0 Å². The second kappa shape index (κ2) is 3.18. The lowest BCUT2D eigenvalue weighted by molar-refractivity contribution is -0.389. The molecule has 0 atom stereocenters. The molecule has 0 aromatic carbocycles. The first-order chi connectivity index (χ1) is 6.66. The molecule has 0 aliphatic rings. The van der Waals surface area contributed by atoms with Crippen LogP contribution in [0.1, 0.15) is 4.88 Å². The fraction of sp³-hybridized carbons (Fsp3) is 0.143. The number of hydrogen-bond donors (Lipinski definition) is 0. The molecule has 2 aromatic heterocycles. The zero-order chi connectivity index (χ0) is 10.1. The monoisotopic (exact) mass is 210 g/mol. The Balaban J connectivity index is 2.38. The van der Waals surface area contributed by atoms with E-state index in [1.807, 2.05) is 6.92 Å². The largest absolute Gasteiger partial charge is 0.381 e. The van der Waals surface area contributed by atoms with E-state index in [-0.39, 0.29) is 5.82 Å². The van der Waals surface area contributed by atoms with Crippen LogP contribution < -0.4 is 0 Å². The van der Waals surface area contributed by atoms with Gasteiger partial charge in [-0.2, -0.15) is 0 Å². The maximum Gasteiger partial charge on any atom is 0.381 e. The summed E-state index contributed by atoms with van der Waals surface area (Å²) < 4.78 is 1.54. The molecule has 0 aliphatic carbocycles. The maximum absolute atomic E-state index is 10.4. The van der Waals surface area contributed by atoms with Crippen LogP contribution in [-0.4, -0.2) is 19.5 Å². The molecule has 2 heterocycles. The second-order valence-corrected chi connectivity index (χ2v) is 3.86. The van der Waals surface area contributed by atoms with Crippen molar-refractivity contribution in [2.24, 2.45) is 0 Å². The van der Waals surface area contributed by atoms with E-state index in [4.69, 9.17) is 0 Å². The first-order valence-corrected chi connectivity index (χ1v) is 4.59. The third-order valence-corrected chi connectivity index (χ3v) is 2.51. The van der Waals surface area contributed by atoms with E-state index in [2.05, 4.69) is 9.97 Å². The number of aromatic nitrogens is 3. The van der Waals surface area contributed by atoms with Crippen LogP contribution >= 0.6 is 11.3 Å². The minimum absolute atomic E-state index is 0.169. The second-order valence-electron chi connectivity index (χ2n) is 2.65. The molecule has 6 nitrogen and oxygen atoms in total. The first kappa shape index (κ1) is 8.82. The topological polar surface area (TPSA) is 73.8 Å². The van der Waals surface area contributed by atoms with Gasteiger partial charge in [-0.3, -0.25) is 4.57 Å². The smallest absolute Gasteiger partial charge is 0.358 e. The Kier molecular flexibility index (Phi) is 2.01. The Bertz CT molecular complexity index is 475. The van der Waals surface area contributed by atoms with Gasteiger partial charge in [0.05, 0.1) is 0 Å². The number of aryl methyl sites for hydroxylation is 1. The molecule has 7 heteroatoms. The zero-order valence-electron chi connectivity index (χ0n) is 7.25. The van der Waals surface area contributed by atoms with E-state index in [9.17, 15) is 10.1 Å². The number of nitro groups is 1. The molecule has 0 bridgehead atoms. The van der Waals surface area contributed by atoms with Crippen LogP contribution in [0.3, 0.4) is 0 Å². The summed E-state index contributed by atoms with van der Waals surface area (Å²) in [6.45, 7) is 1.92. The third-order valence-electron chi connectivity index (χ3n) is 1.59. The van der Waals surface area contributed by atoms with Crippen LogP contribution in [0.4, 0.5) is 5.82 Å². The minimum atomic E-state index is -0.531. The summed E-state index contributed by atoms with van der Waals surface area (Å²) >= 11 is 1.46. The number of hydrogen-bond acceptors (Lipinski definition) is 5. The molecule has 0 radical (unpaired) electrons. The molecule has 2 aromatic rings. The molecule has 2 rings (SSSR count). The van der Waals surface area contributed by atoms with Crippen molar-refractivity contribution in [3.8, 4) is 5.13 Å². The van der Waals surface area contributed by atoms with Crippen LogP contribution in [0.2, 0.25) is 0 Å². The number of rotatable bonds is 2. The lowest BCUT2D eigenvalue weighted by atomic mass is 10.7. The average Bonchev–Trinajstić information content (AvgIpc) is 2.70. The van der Waals surface area contributed by atoms with Crippen molar-refractivity contribution in [2.45, 2.75) is 6.92 Å². The van der Waals surface area contributed by atoms with Crippen molar-refractivity contribution in [2.75, 3.05) is 0 Å². The molecule has 0 saturated heterocycles. The molecule has 0 spiro atoms. The summed E-state index contributed by atoms with van der Waals surface area (Å²) in [5.41, 5.74) is 0. The number of nitrogens with zero attached hydrogens (tertiary/aromatic N) is 4. The highest BCUT2D eigenvalue weighted by Gasteiger charge is 2.12. The summed E-state index contributed by atoms with van der Waals surface area (Å²) in [5.74, 6) is -0.169. The average molecular weight is 210 g/mol. The molecule has 0 N–H and O–H groups in total. The molecule has 72 valence electrons. The highest BCUT2D eigenvalue weighted by atomic mass is 32.1. The first-order valence-electron chi connectivity index (χ1n) is 3.78. The number of thiazole rings is 1. The van der Waals surface area contributed by atoms with Crippen LogP contribution in [0.25, 0.3) is 5.13 Å². The van der Waals surface area contributed by atoms with Gasteiger partial charge in [0.2, 0.25) is 6.33 Å². The van der Waals surface area contributed by atoms with Crippen molar-refractivity contribution in [3.63, 3.8) is 0 Å². The van der Waals surface area contributed by atoms with Crippen molar-refractivity contribution >= 4 is 17.2 Å². The minimum Gasteiger partial charge on any atom is -0.358 e. The molecule has 14 heavy (non-hydrogen) atoms. The van der Waals surface area contributed by atoms with Gasteiger partial charge in [0.15, 0.2) is 5.13 Å². The molecule has 0 fully saturated rings. The Labute approximate surface area is 83.0 Å². The van der Waals surface area contributed by atoms with Gasteiger partial charge in [0.1, 0.15) is 6.20 Å². The van der Waals surface area contributed by atoms with Gasteiger partial charge in [-0.05, 0) is 16.8 Å². The Morgan fingerprint density at radius 2 is 2.36 bits per heavy atom. The van der Waals surface area contributed by atoms with E-state index in [1.165, 1.54) is 28.4 Å². The summed E-state index contributed by atoms with van der Waals surface area (Å²) in [7, 11) is 0. The van der Waals surface area contributed by atoms with Crippen LogP contribution in [-0.2, 0) is 0 Å². The predicted molar refractivity (Wildman–Crippen MR) is 50.6 cm³/mol. The molecular weight excluding hydrogens is 204 g/mol. The van der Waals surface area contributed by atoms with E-state index in [0.29, 0.717) is 5.13 Å². The maximum atomic E-state index is 10.4. The van der Waals surface area contributed by atoms with Crippen molar-refractivity contribution < 1.29 is 4.92 Å². The summed E-state index contributed by atoms with van der Waals surface area (Å²) in [5, 5.41) is 11.0. The highest BCUT2D eigenvalue weighted by Crippen LogP contribution is 2.18. The van der Waals surface area contributed by atoms with Gasteiger partial charge in [0, 0.05) is 11.1 Å². The van der Waals surface area contributed by atoms with Crippen molar-refractivity contribution in [1.29, 1.82) is 0 Å². The Morgan fingerprint density at radius 1 is 1.57 bits per heavy atom. The van der Waals surface area contributed by atoms with E-state index in [1.54, 1.807) is 6.20 Å². The molecule has 0 aliphatic heterocycles. The van der Waals surface area contributed by atoms with Crippen LogP contribution in [0, 0.1) is 17.0 Å². The van der Waals surface area contributed by atoms with Gasteiger partial charge in [0.25, 0.3) is 0 Å². The molecular formula is C7H6N4O2S. The quantitative estimate of drug-likeness (QED) is 0.556. The lowest BCUT2D eigenvalue weighted by Crippen LogP contribution is -1.88. The fourth-order valence-electron chi connectivity index (χ4n) is 0.974. The molecule has 0 saturated carbocycles. The van der Waals surface area contributed by atoms with Gasteiger partial charge in [-0.15, -0.1) is 11.3 Å². The molecule has 0 unspecified atom stereocenters. The van der Waals surface area contributed by atoms with Gasteiger partial charge in [-0.25, -0.2) is 4.98 Å². The summed E-state index contributed by atoms with van der Waals surface area (Å²) in [6, 6.07) is 0.